The van der Waals surface area contributed by atoms with Gasteiger partial charge in [0.2, 0.25) is 0 Å². The molecule has 2 aliphatic rings. The molecule has 176 valence electrons. The van der Waals surface area contributed by atoms with Crippen molar-refractivity contribution in [2.45, 2.75) is 43.8 Å². The standard InChI is InChI=1S/C25H26F3N3O.ClH/c26-25(27,28)23(32)31(22-14-21(22)20-7-2-1-3-8-20)17-24(9-11-30-12-10-24)15-18-5-4-6-19(13-18)16-29;/h1-8,13,21-22,30H,9-12,14-15,17H2;1H/t21-,22+;/m0./s1. The topological polar surface area (TPSA) is 56.1 Å². The van der Waals surface area contributed by atoms with E-state index in [9.17, 15) is 23.2 Å². The molecule has 33 heavy (non-hydrogen) atoms. The number of benzene rings is 2. The number of carbonyl (C=O) groups is 1. The van der Waals surface area contributed by atoms with E-state index >= 15 is 0 Å². The van der Waals surface area contributed by atoms with E-state index < -0.39 is 23.5 Å². The highest BCUT2D eigenvalue weighted by Gasteiger charge is 2.53. The zero-order chi connectivity index (χ0) is 22.8. The van der Waals surface area contributed by atoms with Crippen LogP contribution in [0.5, 0.6) is 0 Å². The minimum Gasteiger partial charge on any atom is -0.331 e. The van der Waals surface area contributed by atoms with E-state index in [1.165, 1.54) is 0 Å². The van der Waals surface area contributed by atoms with Gasteiger partial charge in [-0.1, -0.05) is 42.5 Å². The molecule has 1 saturated carbocycles. The molecule has 4 rings (SSSR count). The highest BCUT2D eigenvalue weighted by molar-refractivity contribution is 5.85. The smallest absolute Gasteiger partial charge is 0.331 e. The summed E-state index contributed by atoms with van der Waals surface area (Å²) in [5.41, 5.74) is 1.95. The Labute approximate surface area is 198 Å². The van der Waals surface area contributed by atoms with Gasteiger partial charge in [0, 0.05) is 18.5 Å². The number of alkyl halides is 3. The molecule has 1 aliphatic carbocycles. The molecule has 1 N–H and O–H groups in total. The molecule has 2 atom stereocenters. The van der Waals surface area contributed by atoms with E-state index in [1.54, 1.807) is 18.2 Å². The van der Waals surface area contributed by atoms with Crippen LogP contribution in [0.1, 0.15) is 41.9 Å². The van der Waals surface area contributed by atoms with Gasteiger partial charge in [0.25, 0.3) is 0 Å². The minimum atomic E-state index is -4.90. The first-order chi connectivity index (χ1) is 15.3. The Kier molecular flexibility index (Phi) is 7.71. The van der Waals surface area contributed by atoms with Gasteiger partial charge in [0.15, 0.2) is 0 Å². The van der Waals surface area contributed by atoms with Crippen molar-refractivity contribution >= 4 is 18.3 Å². The van der Waals surface area contributed by atoms with Gasteiger partial charge in [-0.15, -0.1) is 12.4 Å². The van der Waals surface area contributed by atoms with Gasteiger partial charge in [-0.25, -0.2) is 0 Å². The van der Waals surface area contributed by atoms with Gasteiger partial charge in [-0.2, -0.15) is 18.4 Å². The fourth-order valence-electron chi connectivity index (χ4n) is 4.98. The molecular weight excluding hydrogens is 451 g/mol. The van der Waals surface area contributed by atoms with Crippen molar-refractivity contribution in [3.05, 3.63) is 71.3 Å². The molecule has 2 aromatic carbocycles. The molecule has 4 nitrogen and oxygen atoms in total. The van der Waals surface area contributed by atoms with Crippen molar-refractivity contribution in [2.75, 3.05) is 19.6 Å². The fourth-order valence-corrected chi connectivity index (χ4v) is 4.98. The Bertz CT molecular complexity index is 1000. The lowest BCUT2D eigenvalue weighted by atomic mass is 9.73. The molecule has 8 heteroatoms. The van der Waals surface area contributed by atoms with E-state index in [0.717, 1.165) is 16.0 Å². The number of hydrogen-bond donors (Lipinski definition) is 1. The lowest BCUT2D eigenvalue weighted by Gasteiger charge is -2.42. The number of nitrogens with one attached hydrogen (secondary N) is 1. The predicted molar refractivity (Wildman–Crippen MR) is 122 cm³/mol. The van der Waals surface area contributed by atoms with E-state index in [2.05, 4.69) is 11.4 Å². The lowest BCUT2D eigenvalue weighted by molar-refractivity contribution is -0.188. The monoisotopic (exact) mass is 477 g/mol. The van der Waals surface area contributed by atoms with Crippen LogP contribution in [-0.2, 0) is 11.2 Å². The van der Waals surface area contributed by atoms with Gasteiger partial charge < -0.3 is 10.2 Å². The van der Waals surface area contributed by atoms with E-state index in [4.69, 9.17) is 0 Å². The first-order valence-corrected chi connectivity index (χ1v) is 10.9. The maximum Gasteiger partial charge on any atom is 0.471 e. The molecule has 0 unspecified atom stereocenters. The summed E-state index contributed by atoms with van der Waals surface area (Å²) in [7, 11) is 0. The Morgan fingerprint density at radius 2 is 1.82 bits per heavy atom. The largest absolute Gasteiger partial charge is 0.471 e. The van der Waals surface area contributed by atoms with Gasteiger partial charge in [0.05, 0.1) is 11.6 Å². The van der Waals surface area contributed by atoms with Crippen LogP contribution in [0.3, 0.4) is 0 Å². The van der Waals surface area contributed by atoms with Crippen molar-refractivity contribution < 1.29 is 18.0 Å². The molecule has 0 aromatic heterocycles. The highest BCUT2D eigenvalue weighted by atomic mass is 35.5. The molecule has 2 fully saturated rings. The Balaban J connectivity index is 0.00000306. The first-order valence-electron chi connectivity index (χ1n) is 10.9. The Morgan fingerprint density at radius 3 is 2.45 bits per heavy atom. The lowest BCUT2D eigenvalue weighted by Crippen LogP contribution is -2.51. The summed E-state index contributed by atoms with van der Waals surface area (Å²) in [5.74, 6) is -1.81. The van der Waals surface area contributed by atoms with Gasteiger partial charge in [-0.3, -0.25) is 4.79 Å². The SMILES string of the molecule is Cl.N#Cc1cccc(CC2(CN(C(=O)C(F)(F)F)[C@@H]3C[C@H]3c3ccccc3)CCNCC2)c1. The van der Waals surface area contributed by atoms with Crippen molar-refractivity contribution in [3.8, 4) is 6.07 Å². The summed E-state index contributed by atoms with van der Waals surface area (Å²) in [6, 6.07) is 18.3. The van der Waals surface area contributed by atoms with E-state index in [0.29, 0.717) is 44.3 Å². The zero-order valence-corrected chi connectivity index (χ0v) is 19.0. The van der Waals surface area contributed by atoms with Gasteiger partial charge >= 0.3 is 12.1 Å². The van der Waals surface area contributed by atoms with Gasteiger partial charge in [0.1, 0.15) is 0 Å². The molecule has 0 bridgehead atoms. The molecule has 0 spiro atoms. The third-order valence-electron chi connectivity index (χ3n) is 6.69. The summed E-state index contributed by atoms with van der Waals surface area (Å²) in [5, 5.41) is 12.5. The summed E-state index contributed by atoms with van der Waals surface area (Å²) in [6.45, 7) is 1.45. The zero-order valence-electron chi connectivity index (χ0n) is 18.1. The molecule has 1 amide bonds. The number of carbonyl (C=O) groups excluding carboxylic acids is 1. The number of nitrogens with zero attached hydrogens (tertiary/aromatic N) is 2. The Morgan fingerprint density at radius 1 is 1.12 bits per heavy atom. The van der Waals surface area contributed by atoms with E-state index in [1.807, 2.05) is 36.4 Å². The van der Waals surface area contributed by atoms with Crippen LogP contribution in [0.25, 0.3) is 0 Å². The molecule has 2 aromatic rings. The second-order valence-electron chi connectivity index (χ2n) is 8.99. The summed E-state index contributed by atoms with van der Waals surface area (Å²) in [6.07, 6.45) is -2.47. The molecule has 1 aliphatic heterocycles. The number of hydrogen-bond acceptors (Lipinski definition) is 3. The third-order valence-corrected chi connectivity index (χ3v) is 6.69. The van der Waals surface area contributed by atoms with Crippen LogP contribution in [0.2, 0.25) is 0 Å². The van der Waals surface area contributed by atoms with Crippen molar-refractivity contribution in [1.82, 2.24) is 10.2 Å². The summed E-state index contributed by atoms with van der Waals surface area (Å²) >= 11 is 0. The highest BCUT2D eigenvalue weighted by Crippen LogP contribution is 2.48. The molecule has 0 radical (unpaired) electrons. The average Bonchev–Trinajstić information content (AvgIpc) is 3.58. The van der Waals surface area contributed by atoms with E-state index in [-0.39, 0.29) is 24.9 Å². The van der Waals surface area contributed by atoms with Crippen molar-refractivity contribution in [3.63, 3.8) is 0 Å². The Hall–Kier alpha value is -2.56. The number of nitriles is 1. The quantitative estimate of drug-likeness (QED) is 0.647. The predicted octanol–water partition coefficient (Wildman–Crippen LogP) is 4.84. The second-order valence-corrected chi connectivity index (χ2v) is 8.99. The maximum atomic E-state index is 13.6. The van der Waals surface area contributed by atoms with Crippen LogP contribution >= 0.6 is 12.4 Å². The summed E-state index contributed by atoms with van der Waals surface area (Å²) in [4.78, 5) is 13.6. The molecular formula is C25H27ClF3N3O. The van der Waals surface area contributed by atoms with Gasteiger partial charge in [-0.05, 0) is 67.4 Å². The number of rotatable bonds is 6. The minimum absolute atomic E-state index is 0. The number of halogens is 4. The van der Waals surface area contributed by atoms with Crippen molar-refractivity contribution in [2.24, 2.45) is 5.41 Å². The molecule has 1 heterocycles. The number of amides is 1. The first kappa shape index (κ1) is 25.1. The molecule has 1 saturated heterocycles. The fraction of sp³-hybridized carbons (Fsp3) is 0.440. The second kappa shape index (κ2) is 10.1. The summed E-state index contributed by atoms with van der Waals surface area (Å²) < 4.78 is 40.7. The van der Waals surface area contributed by atoms with Crippen LogP contribution in [0, 0.1) is 16.7 Å². The maximum absolute atomic E-state index is 13.6. The van der Waals surface area contributed by atoms with Crippen LogP contribution < -0.4 is 5.32 Å². The average molecular weight is 478 g/mol. The van der Waals surface area contributed by atoms with Crippen molar-refractivity contribution in [1.29, 1.82) is 5.26 Å². The third kappa shape index (κ3) is 5.87. The van der Waals surface area contributed by atoms with Crippen LogP contribution in [0.15, 0.2) is 54.6 Å². The normalized spacial score (nSPS) is 21.4. The van der Waals surface area contributed by atoms with Crippen LogP contribution in [0.4, 0.5) is 13.2 Å². The van der Waals surface area contributed by atoms with Crippen LogP contribution in [-0.4, -0.2) is 42.7 Å². The number of piperidine rings is 1.